The average molecular weight is 323 g/mol. The molecule has 1 heterocycles. The lowest BCUT2D eigenvalue weighted by Gasteiger charge is -2.14. The standard InChI is InChI=1S/C21H25NO2/c1-15(2)22-14-19(23)21-18(13-12-16-8-4-3-5-9-16)17-10-6-7-11-20(17)24-21/h3-11,15,19,22-23H,12-14H2,1-2H3. The molecule has 3 heteroatoms. The van der Waals surface area contributed by atoms with Crippen LogP contribution in [-0.4, -0.2) is 17.7 Å². The van der Waals surface area contributed by atoms with Gasteiger partial charge in [0.15, 0.2) is 0 Å². The second kappa shape index (κ2) is 7.65. The molecule has 0 amide bonds. The van der Waals surface area contributed by atoms with Crippen LogP contribution in [0.15, 0.2) is 59.0 Å². The zero-order valence-electron chi connectivity index (χ0n) is 14.3. The molecule has 0 aliphatic rings. The van der Waals surface area contributed by atoms with E-state index >= 15 is 0 Å². The van der Waals surface area contributed by atoms with E-state index in [-0.39, 0.29) is 0 Å². The summed E-state index contributed by atoms with van der Waals surface area (Å²) in [5, 5.41) is 15.0. The van der Waals surface area contributed by atoms with Crippen molar-refractivity contribution in [3.8, 4) is 0 Å². The summed E-state index contributed by atoms with van der Waals surface area (Å²) in [6.07, 6.45) is 1.15. The topological polar surface area (TPSA) is 45.4 Å². The molecule has 0 aliphatic carbocycles. The van der Waals surface area contributed by atoms with E-state index in [0.29, 0.717) is 18.3 Å². The van der Waals surface area contributed by atoms with Crippen molar-refractivity contribution in [2.75, 3.05) is 6.54 Å². The van der Waals surface area contributed by atoms with E-state index in [1.54, 1.807) is 0 Å². The third kappa shape index (κ3) is 3.86. The Kier molecular flexibility index (Phi) is 5.34. The lowest BCUT2D eigenvalue weighted by atomic mass is 10.00. The highest BCUT2D eigenvalue weighted by Gasteiger charge is 2.20. The molecule has 24 heavy (non-hydrogen) atoms. The number of aryl methyl sites for hydroxylation is 2. The number of hydrogen-bond donors (Lipinski definition) is 2. The minimum Gasteiger partial charge on any atom is -0.458 e. The van der Waals surface area contributed by atoms with Crippen molar-refractivity contribution in [3.05, 3.63) is 71.5 Å². The minimum atomic E-state index is -0.634. The number of fused-ring (bicyclic) bond motifs is 1. The Labute approximate surface area is 143 Å². The Hall–Kier alpha value is -2.10. The van der Waals surface area contributed by atoms with E-state index in [2.05, 4.69) is 49.5 Å². The molecule has 3 aromatic rings. The summed E-state index contributed by atoms with van der Waals surface area (Å²) in [4.78, 5) is 0. The smallest absolute Gasteiger partial charge is 0.138 e. The van der Waals surface area contributed by atoms with Crippen LogP contribution in [0.25, 0.3) is 11.0 Å². The summed E-state index contributed by atoms with van der Waals surface area (Å²) in [5.41, 5.74) is 3.26. The molecule has 2 N–H and O–H groups in total. The molecular weight excluding hydrogens is 298 g/mol. The number of nitrogens with one attached hydrogen (secondary N) is 1. The van der Waals surface area contributed by atoms with Crippen LogP contribution in [0.1, 0.15) is 36.8 Å². The maximum Gasteiger partial charge on any atom is 0.138 e. The summed E-state index contributed by atoms with van der Waals surface area (Å²) in [5.74, 6) is 0.695. The average Bonchev–Trinajstić information content (AvgIpc) is 2.97. The first-order valence-corrected chi connectivity index (χ1v) is 8.61. The van der Waals surface area contributed by atoms with Crippen LogP contribution in [0.4, 0.5) is 0 Å². The number of rotatable bonds is 7. The van der Waals surface area contributed by atoms with E-state index < -0.39 is 6.10 Å². The Morgan fingerprint density at radius 1 is 0.958 bits per heavy atom. The Morgan fingerprint density at radius 3 is 2.42 bits per heavy atom. The van der Waals surface area contributed by atoms with Gasteiger partial charge in [-0.15, -0.1) is 0 Å². The van der Waals surface area contributed by atoms with E-state index in [4.69, 9.17) is 4.42 Å². The number of hydrogen-bond acceptors (Lipinski definition) is 3. The van der Waals surface area contributed by atoms with Crippen LogP contribution < -0.4 is 5.32 Å². The van der Waals surface area contributed by atoms with Crippen molar-refractivity contribution in [3.63, 3.8) is 0 Å². The fraction of sp³-hybridized carbons (Fsp3) is 0.333. The molecule has 0 fully saturated rings. The van der Waals surface area contributed by atoms with Crippen LogP contribution in [-0.2, 0) is 12.8 Å². The van der Waals surface area contributed by atoms with Gasteiger partial charge in [-0.3, -0.25) is 0 Å². The first-order valence-electron chi connectivity index (χ1n) is 8.61. The van der Waals surface area contributed by atoms with Gasteiger partial charge in [-0.1, -0.05) is 62.4 Å². The highest BCUT2D eigenvalue weighted by atomic mass is 16.4. The fourth-order valence-corrected chi connectivity index (χ4v) is 3.00. The van der Waals surface area contributed by atoms with Gasteiger partial charge in [0.2, 0.25) is 0 Å². The molecule has 0 aliphatic heterocycles. The summed E-state index contributed by atoms with van der Waals surface area (Å²) in [7, 11) is 0. The van der Waals surface area contributed by atoms with E-state index in [1.807, 2.05) is 24.3 Å². The van der Waals surface area contributed by atoms with Gasteiger partial charge in [0.05, 0.1) is 0 Å². The summed E-state index contributed by atoms with van der Waals surface area (Å²) in [6.45, 7) is 4.64. The van der Waals surface area contributed by atoms with E-state index in [1.165, 1.54) is 5.56 Å². The fourth-order valence-electron chi connectivity index (χ4n) is 3.00. The maximum absolute atomic E-state index is 10.6. The zero-order valence-corrected chi connectivity index (χ0v) is 14.3. The SMILES string of the molecule is CC(C)NCC(O)c1oc2ccccc2c1CCc1ccccc1. The van der Waals surface area contributed by atoms with Crippen molar-refractivity contribution in [2.24, 2.45) is 0 Å². The molecule has 1 aromatic heterocycles. The Balaban J connectivity index is 1.87. The second-order valence-electron chi connectivity index (χ2n) is 6.51. The number of aliphatic hydroxyl groups excluding tert-OH is 1. The Morgan fingerprint density at radius 2 is 1.67 bits per heavy atom. The Bertz CT molecular complexity index is 777. The van der Waals surface area contributed by atoms with Crippen LogP contribution in [0.2, 0.25) is 0 Å². The molecule has 126 valence electrons. The molecule has 1 atom stereocenters. The quantitative estimate of drug-likeness (QED) is 0.683. The molecule has 1 unspecified atom stereocenters. The van der Waals surface area contributed by atoms with Crippen molar-refractivity contribution in [2.45, 2.75) is 38.8 Å². The predicted molar refractivity (Wildman–Crippen MR) is 98.2 cm³/mol. The van der Waals surface area contributed by atoms with Crippen molar-refractivity contribution in [1.29, 1.82) is 0 Å². The van der Waals surface area contributed by atoms with Crippen LogP contribution >= 0.6 is 0 Å². The highest BCUT2D eigenvalue weighted by Crippen LogP contribution is 2.31. The van der Waals surface area contributed by atoms with Crippen LogP contribution in [0, 0.1) is 0 Å². The van der Waals surface area contributed by atoms with Gasteiger partial charge in [0, 0.05) is 23.5 Å². The van der Waals surface area contributed by atoms with Gasteiger partial charge in [0.25, 0.3) is 0 Å². The van der Waals surface area contributed by atoms with Crippen LogP contribution in [0.5, 0.6) is 0 Å². The minimum absolute atomic E-state index is 0.330. The number of aliphatic hydroxyl groups is 1. The summed E-state index contributed by atoms with van der Waals surface area (Å²) < 4.78 is 5.99. The maximum atomic E-state index is 10.6. The normalized spacial score (nSPS) is 12.8. The molecule has 0 bridgehead atoms. The number of para-hydroxylation sites is 1. The third-order valence-electron chi connectivity index (χ3n) is 4.26. The second-order valence-corrected chi connectivity index (χ2v) is 6.51. The zero-order chi connectivity index (χ0) is 16.9. The lowest BCUT2D eigenvalue weighted by molar-refractivity contribution is 0.146. The molecule has 3 rings (SSSR count). The molecule has 0 saturated carbocycles. The van der Waals surface area contributed by atoms with Gasteiger partial charge in [-0.25, -0.2) is 0 Å². The summed E-state index contributed by atoms with van der Waals surface area (Å²) in [6, 6.07) is 18.8. The molecule has 0 spiro atoms. The summed E-state index contributed by atoms with van der Waals surface area (Å²) >= 11 is 0. The highest BCUT2D eigenvalue weighted by molar-refractivity contribution is 5.82. The monoisotopic (exact) mass is 323 g/mol. The van der Waals surface area contributed by atoms with Crippen molar-refractivity contribution >= 4 is 11.0 Å². The van der Waals surface area contributed by atoms with Gasteiger partial charge in [-0.2, -0.15) is 0 Å². The van der Waals surface area contributed by atoms with Crippen molar-refractivity contribution in [1.82, 2.24) is 5.32 Å². The first kappa shape index (κ1) is 16.7. The van der Waals surface area contributed by atoms with E-state index in [0.717, 1.165) is 29.4 Å². The molecule has 0 radical (unpaired) electrons. The van der Waals surface area contributed by atoms with Gasteiger partial charge in [0.1, 0.15) is 17.4 Å². The molecule has 0 saturated heterocycles. The molecular formula is C21H25NO2. The molecule has 3 nitrogen and oxygen atoms in total. The van der Waals surface area contributed by atoms with Gasteiger partial charge >= 0.3 is 0 Å². The van der Waals surface area contributed by atoms with Gasteiger partial charge in [-0.05, 0) is 24.5 Å². The predicted octanol–water partition coefficient (Wildman–Crippen LogP) is 4.25. The number of benzene rings is 2. The lowest BCUT2D eigenvalue weighted by Crippen LogP contribution is -2.28. The van der Waals surface area contributed by atoms with Crippen LogP contribution in [0.3, 0.4) is 0 Å². The van der Waals surface area contributed by atoms with Crippen molar-refractivity contribution < 1.29 is 9.52 Å². The largest absolute Gasteiger partial charge is 0.458 e. The number of furan rings is 1. The third-order valence-corrected chi connectivity index (χ3v) is 4.26. The van der Waals surface area contributed by atoms with E-state index in [9.17, 15) is 5.11 Å². The first-order chi connectivity index (χ1) is 11.6. The molecule has 2 aromatic carbocycles. The van der Waals surface area contributed by atoms with Gasteiger partial charge < -0.3 is 14.8 Å².